The molecule has 1 saturated heterocycles. The molecule has 0 aromatic rings. The molecule has 0 bridgehead atoms. The summed E-state index contributed by atoms with van der Waals surface area (Å²) >= 11 is 0. The van der Waals surface area contributed by atoms with Gasteiger partial charge in [0, 0.05) is 13.1 Å². The lowest BCUT2D eigenvalue weighted by molar-refractivity contribution is 0.0443. The van der Waals surface area contributed by atoms with Gasteiger partial charge >= 0.3 is 0 Å². The Labute approximate surface area is 63.4 Å². The predicted molar refractivity (Wildman–Crippen MR) is 43.7 cm³/mol. The Morgan fingerprint density at radius 2 is 2.00 bits per heavy atom. The van der Waals surface area contributed by atoms with Gasteiger partial charge in [-0.3, -0.25) is 4.90 Å². The highest BCUT2D eigenvalue weighted by atomic mass is 15.2. The second kappa shape index (κ2) is 2.64. The Balaban J connectivity index is 2.19. The molecular formula is C9H15N. The molecule has 1 aliphatic heterocycles. The third kappa shape index (κ3) is 1.75. The highest BCUT2D eigenvalue weighted by molar-refractivity contribution is 5.01. The average molecular weight is 137 g/mol. The van der Waals surface area contributed by atoms with Crippen molar-refractivity contribution >= 4 is 0 Å². The molecule has 1 nitrogen and oxygen atoms in total. The topological polar surface area (TPSA) is 3.24 Å². The fourth-order valence-corrected chi connectivity index (χ4v) is 1.47. The number of rotatable bonds is 1. The fourth-order valence-electron chi connectivity index (χ4n) is 1.47. The van der Waals surface area contributed by atoms with Crippen molar-refractivity contribution in [3.8, 4) is 11.8 Å². The van der Waals surface area contributed by atoms with Gasteiger partial charge in [-0.25, -0.2) is 0 Å². The predicted octanol–water partition coefficient (Wildman–Crippen LogP) is 1.35. The van der Waals surface area contributed by atoms with Crippen molar-refractivity contribution in [2.24, 2.45) is 5.41 Å². The Hall–Kier alpha value is -0.480. The van der Waals surface area contributed by atoms with Crippen LogP contribution in [0.5, 0.6) is 0 Å². The van der Waals surface area contributed by atoms with Crippen LogP contribution in [0.1, 0.15) is 20.8 Å². The van der Waals surface area contributed by atoms with Crippen molar-refractivity contribution in [3.63, 3.8) is 0 Å². The molecule has 1 fully saturated rings. The molecule has 0 amide bonds. The normalized spacial score (nSPS) is 22.7. The smallest absolute Gasteiger partial charge is 0.0601 e. The van der Waals surface area contributed by atoms with Gasteiger partial charge in [-0.05, 0) is 12.3 Å². The molecule has 0 atom stereocenters. The molecule has 1 heterocycles. The summed E-state index contributed by atoms with van der Waals surface area (Å²) < 4.78 is 0. The highest BCUT2D eigenvalue weighted by Crippen LogP contribution is 2.27. The van der Waals surface area contributed by atoms with E-state index in [4.69, 9.17) is 0 Å². The van der Waals surface area contributed by atoms with E-state index in [1.807, 2.05) is 6.92 Å². The molecule has 0 spiro atoms. The maximum atomic E-state index is 3.06. The van der Waals surface area contributed by atoms with E-state index >= 15 is 0 Å². The van der Waals surface area contributed by atoms with Crippen LogP contribution in [0.3, 0.4) is 0 Å². The second-order valence-electron chi connectivity index (χ2n) is 3.74. The van der Waals surface area contributed by atoms with E-state index in [0.29, 0.717) is 5.41 Å². The zero-order valence-corrected chi connectivity index (χ0v) is 7.07. The quantitative estimate of drug-likeness (QED) is 0.493. The third-order valence-corrected chi connectivity index (χ3v) is 1.78. The van der Waals surface area contributed by atoms with Gasteiger partial charge < -0.3 is 0 Å². The maximum absolute atomic E-state index is 3.06. The zero-order valence-electron chi connectivity index (χ0n) is 7.07. The van der Waals surface area contributed by atoms with Crippen LogP contribution in [-0.2, 0) is 0 Å². The van der Waals surface area contributed by atoms with Crippen LogP contribution in [0.25, 0.3) is 0 Å². The Kier molecular flexibility index (Phi) is 2.01. The SMILES string of the molecule is CC#CCN1CC(C)(C)C1. The van der Waals surface area contributed by atoms with E-state index in [-0.39, 0.29) is 0 Å². The van der Waals surface area contributed by atoms with E-state index in [9.17, 15) is 0 Å². The van der Waals surface area contributed by atoms with Crippen LogP contribution in [0.4, 0.5) is 0 Å². The summed E-state index contributed by atoms with van der Waals surface area (Å²) in [6.45, 7) is 9.86. The molecular weight excluding hydrogens is 122 g/mol. The van der Waals surface area contributed by atoms with Crippen LogP contribution in [0, 0.1) is 17.3 Å². The fraction of sp³-hybridized carbons (Fsp3) is 0.778. The summed E-state index contributed by atoms with van der Waals surface area (Å²) in [7, 11) is 0. The van der Waals surface area contributed by atoms with Crippen LogP contribution >= 0.6 is 0 Å². The minimum atomic E-state index is 0.551. The summed E-state index contributed by atoms with van der Waals surface area (Å²) in [6.07, 6.45) is 0. The maximum Gasteiger partial charge on any atom is 0.0601 e. The first-order valence-electron chi connectivity index (χ1n) is 3.76. The number of likely N-dealkylation sites (tertiary alicyclic amines) is 1. The molecule has 56 valence electrons. The highest BCUT2D eigenvalue weighted by Gasteiger charge is 2.32. The number of nitrogens with zero attached hydrogens (tertiary/aromatic N) is 1. The molecule has 1 heteroatoms. The largest absolute Gasteiger partial charge is 0.291 e. The first-order valence-corrected chi connectivity index (χ1v) is 3.76. The average Bonchev–Trinajstić information content (AvgIpc) is 1.78. The van der Waals surface area contributed by atoms with Gasteiger partial charge in [0.15, 0.2) is 0 Å². The molecule has 10 heavy (non-hydrogen) atoms. The Morgan fingerprint density at radius 3 is 2.40 bits per heavy atom. The first-order chi connectivity index (χ1) is 4.64. The summed E-state index contributed by atoms with van der Waals surface area (Å²) in [4.78, 5) is 2.37. The van der Waals surface area contributed by atoms with E-state index < -0.39 is 0 Å². The van der Waals surface area contributed by atoms with Crippen LogP contribution in [-0.4, -0.2) is 24.5 Å². The molecule has 0 unspecified atom stereocenters. The van der Waals surface area contributed by atoms with E-state index in [2.05, 4.69) is 30.6 Å². The van der Waals surface area contributed by atoms with Gasteiger partial charge in [-0.15, -0.1) is 5.92 Å². The van der Waals surface area contributed by atoms with Crippen molar-refractivity contribution in [2.75, 3.05) is 19.6 Å². The third-order valence-electron chi connectivity index (χ3n) is 1.78. The molecule has 1 rings (SSSR count). The van der Waals surface area contributed by atoms with Crippen LogP contribution in [0.2, 0.25) is 0 Å². The van der Waals surface area contributed by atoms with Gasteiger partial charge in [0.2, 0.25) is 0 Å². The van der Waals surface area contributed by atoms with Gasteiger partial charge in [0.25, 0.3) is 0 Å². The summed E-state index contributed by atoms with van der Waals surface area (Å²) in [6, 6.07) is 0. The molecule has 0 radical (unpaired) electrons. The summed E-state index contributed by atoms with van der Waals surface area (Å²) in [5.41, 5.74) is 0.551. The standard InChI is InChI=1S/C9H15N/c1-4-5-6-10-7-9(2,3)8-10/h6-8H2,1-3H3. The number of hydrogen-bond acceptors (Lipinski definition) is 1. The molecule has 0 aromatic carbocycles. The second-order valence-corrected chi connectivity index (χ2v) is 3.74. The molecule has 1 aliphatic rings. The van der Waals surface area contributed by atoms with Gasteiger partial charge in [0.05, 0.1) is 6.54 Å². The number of hydrogen-bond donors (Lipinski definition) is 0. The van der Waals surface area contributed by atoms with Crippen molar-refractivity contribution in [2.45, 2.75) is 20.8 Å². The van der Waals surface area contributed by atoms with Crippen molar-refractivity contribution in [1.29, 1.82) is 0 Å². The lowest BCUT2D eigenvalue weighted by Gasteiger charge is -2.44. The Morgan fingerprint density at radius 1 is 1.40 bits per heavy atom. The molecule has 0 aromatic heterocycles. The van der Waals surface area contributed by atoms with Crippen molar-refractivity contribution in [3.05, 3.63) is 0 Å². The van der Waals surface area contributed by atoms with E-state index in [0.717, 1.165) is 6.54 Å². The monoisotopic (exact) mass is 137 g/mol. The zero-order chi connectivity index (χ0) is 7.61. The lowest BCUT2D eigenvalue weighted by Crippen LogP contribution is -2.52. The van der Waals surface area contributed by atoms with Crippen LogP contribution in [0.15, 0.2) is 0 Å². The van der Waals surface area contributed by atoms with Gasteiger partial charge in [-0.2, -0.15) is 0 Å². The van der Waals surface area contributed by atoms with E-state index in [1.165, 1.54) is 13.1 Å². The molecule has 0 aliphatic carbocycles. The van der Waals surface area contributed by atoms with Crippen molar-refractivity contribution < 1.29 is 0 Å². The minimum absolute atomic E-state index is 0.551. The van der Waals surface area contributed by atoms with E-state index in [1.54, 1.807) is 0 Å². The van der Waals surface area contributed by atoms with Gasteiger partial charge in [-0.1, -0.05) is 19.8 Å². The van der Waals surface area contributed by atoms with Crippen molar-refractivity contribution in [1.82, 2.24) is 4.90 Å². The minimum Gasteiger partial charge on any atom is -0.291 e. The summed E-state index contributed by atoms with van der Waals surface area (Å²) in [5, 5.41) is 0. The van der Waals surface area contributed by atoms with Crippen LogP contribution < -0.4 is 0 Å². The molecule has 0 N–H and O–H groups in total. The summed E-state index contributed by atoms with van der Waals surface area (Å²) in [5.74, 6) is 5.97. The lowest BCUT2D eigenvalue weighted by atomic mass is 9.84. The van der Waals surface area contributed by atoms with Gasteiger partial charge in [0.1, 0.15) is 0 Å². The molecule has 0 saturated carbocycles. The first kappa shape index (κ1) is 7.63. The Bertz CT molecular complexity index is 163.